The number of halogens is 1. The summed E-state index contributed by atoms with van der Waals surface area (Å²) in [6.45, 7) is 1.89. The standard InChI is InChI=1S/C14H10ClN3O/c1-9-2-4-11(6-13(9)15)18-14(19)10-3-5-12(7-16)17-8-10/h2-6,8H,1H3,(H,18,19). The molecule has 1 N–H and O–H groups in total. The van der Waals surface area contributed by atoms with Crippen molar-refractivity contribution in [3.8, 4) is 6.07 Å². The Bertz CT molecular complexity index is 659. The number of nitrogens with zero attached hydrogens (tertiary/aromatic N) is 2. The van der Waals surface area contributed by atoms with Crippen molar-refractivity contribution in [1.29, 1.82) is 5.26 Å². The van der Waals surface area contributed by atoms with E-state index in [0.717, 1.165) is 5.56 Å². The number of hydrogen-bond acceptors (Lipinski definition) is 3. The van der Waals surface area contributed by atoms with Gasteiger partial charge in [-0.05, 0) is 36.8 Å². The van der Waals surface area contributed by atoms with Crippen LogP contribution in [0.15, 0.2) is 36.5 Å². The van der Waals surface area contributed by atoms with Gasteiger partial charge in [0.1, 0.15) is 11.8 Å². The number of aryl methyl sites for hydroxylation is 1. The van der Waals surface area contributed by atoms with Crippen molar-refractivity contribution in [3.05, 3.63) is 58.4 Å². The van der Waals surface area contributed by atoms with Crippen molar-refractivity contribution in [2.45, 2.75) is 6.92 Å². The van der Waals surface area contributed by atoms with Crippen LogP contribution in [0.2, 0.25) is 5.02 Å². The quantitative estimate of drug-likeness (QED) is 0.912. The molecule has 4 nitrogen and oxygen atoms in total. The van der Waals surface area contributed by atoms with Crippen LogP contribution in [0.25, 0.3) is 0 Å². The Morgan fingerprint density at radius 2 is 2.16 bits per heavy atom. The largest absolute Gasteiger partial charge is 0.322 e. The Hall–Kier alpha value is -2.38. The van der Waals surface area contributed by atoms with Crippen molar-refractivity contribution >= 4 is 23.2 Å². The van der Waals surface area contributed by atoms with Crippen molar-refractivity contribution in [2.24, 2.45) is 0 Å². The number of rotatable bonds is 2. The number of amides is 1. The number of hydrogen-bond donors (Lipinski definition) is 1. The molecule has 0 saturated heterocycles. The Kier molecular flexibility index (Phi) is 3.79. The molecule has 5 heteroatoms. The normalized spacial score (nSPS) is 9.74. The summed E-state index contributed by atoms with van der Waals surface area (Å²) in [5.41, 5.74) is 2.22. The van der Waals surface area contributed by atoms with E-state index in [1.807, 2.05) is 19.1 Å². The number of aromatic nitrogens is 1. The molecule has 0 aliphatic carbocycles. The molecular weight excluding hydrogens is 262 g/mol. The van der Waals surface area contributed by atoms with Crippen LogP contribution in [0.5, 0.6) is 0 Å². The molecule has 0 fully saturated rings. The highest BCUT2D eigenvalue weighted by Gasteiger charge is 2.07. The number of benzene rings is 1. The first-order chi connectivity index (χ1) is 9.10. The second kappa shape index (κ2) is 5.51. The van der Waals surface area contributed by atoms with Gasteiger partial charge in [0.2, 0.25) is 0 Å². The van der Waals surface area contributed by atoms with Crippen LogP contribution in [-0.2, 0) is 0 Å². The van der Waals surface area contributed by atoms with Gasteiger partial charge in [-0.15, -0.1) is 0 Å². The van der Waals surface area contributed by atoms with Gasteiger partial charge >= 0.3 is 0 Å². The first kappa shape index (κ1) is 13.1. The molecule has 1 aromatic heterocycles. The van der Waals surface area contributed by atoms with Crippen molar-refractivity contribution in [3.63, 3.8) is 0 Å². The summed E-state index contributed by atoms with van der Waals surface area (Å²) in [5.74, 6) is -0.295. The summed E-state index contributed by atoms with van der Waals surface area (Å²) < 4.78 is 0. The maximum absolute atomic E-state index is 11.9. The lowest BCUT2D eigenvalue weighted by atomic mass is 10.2. The Labute approximate surface area is 115 Å². The third kappa shape index (κ3) is 3.09. The predicted molar refractivity (Wildman–Crippen MR) is 73.1 cm³/mol. The molecular formula is C14H10ClN3O. The Morgan fingerprint density at radius 1 is 1.37 bits per heavy atom. The molecule has 0 spiro atoms. The van der Waals surface area contributed by atoms with E-state index in [1.54, 1.807) is 18.2 Å². The second-order valence-corrected chi connectivity index (χ2v) is 4.37. The maximum Gasteiger partial charge on any atom is 0.257 e. The van der Waals surface area contributed by atoms with E-state index >= 15 is 0 Å². The van der Waals surface area contributed by atoms with Crippen LogP contribution in [0.1, 0.15) is 21.6 Å². The first-order valence-corrected chi connectivity index (χ1v) is 5.91. The topological polar surface area (TPSA) is 65.8 Å². The first-order valence-electron chi connectivity index (χ1n) is 5.54. The van der Waals surface area contributed by atoms with E-state index in [4.69, 9.17) is 16.9 Å². The molecule has 0 bridgehead atoms. The van der Waals surface area contributed by atoms with E-state index in [0.29, 0.717) is 16.3 Å². The maximum atomic E-state index is 11.9. The van der Waals surface area contributed by atoms with Gasteiger partial charge in [0, 0.05) is 16.9 Å². The van der Waals surface area contributed by atoms with Crippen molar-refractivity contribution in [1.82, 2.24) is 4.98 Å². The molecule has 1 amide bonds. The Balaban J connectivity index is 2.16. The smallest absolute Gasteiger partial charge is 0.257 e. The molecule has 0 radical (unpaired) electrons. The molecule has 0 unspecified atom stereocenters. The van der Waals surface area contributed by atoms with Gasteiger partial charge in [0.25, 0.3) is 5.91 Å². The highest BCUT2D eigenvalue weighted by atomic mass is 35.5. The molecule has 2 rings (SSSR count). The average molecular weight is 272 g/mol. The van der Waals surface area contributed by atoms with Crippen molar-refractivity contribution in [2.75, 3.05) is 5.32 Å². The second-order valence-electron chi connectivity index (χ2n) is 3.96. The number of carbonyl (C=O) groups is 1. The van der Waals surface area contributed by atoms with Crippen molar-refractivity contribution < 1.29 is 4.79 Å². The molecule has 0 aliphatic rings. The van der Waals surface area contributed by atoms with Crippen LogP contribution in [-0.4, -0.2) is 10.9 Å². The minimum atomic E-state index is -0.295. The SMILES string of the molecule is Cc1ccc(NC(=O)c2ccc(C#N)nc2)cc1Cl. The van der Waals surface area contributed by atoms with Gasteiger partial charge in [-0.3, -0.25) is 4.79 Å². The lowest BCUT2D eigenvalue weighted by Crippen LogP contribution is -2.12. The Morgan fingerprint density at radius 3 is 2.74 bits per heavy atom. The van der Waals surface area contributed by atoms with Gasteiger partial charge in [-0.2, -0.15) is 5.26 Å². The zero-order valence-corrected chi connectivity index (χ0v) is 10.9. The highest BCUT2D eigenvalue weighted by molar-refractivity contribution is 6.31. The number of anilines is 1. The summed E-state index contributed by atoms with van der Waals surface area (Å²) in [7, 11) is 0. The van der Waals surface area contributed by atoms with Crippen LogP contribution in [0, 0.1) is 18.3 Å². The van der Waals surface area contributed by atoms with E-state index < -0.39 is 0 Å². The molecule has 1 aromatic carbocycles. The van der Waals surface area contributed by atoms with E-state index in [9.17, 15) is 4.79 Å². The van der Waals surface area contributed by atoms with E-state index in [2.05, 4.69) is 10.3 Å². The van der Waals surface area contributed by atoms with Gasteiger partial charge in [0.05, 0.1) is 5.56 Å². The summed E-state index contributed by atoms with van der Waals surface area (Å²) in [6, 6.07) is 10.2. The summed E-state index contributed by atoms with van der Waals surface area (Å²) in [4.78, 5) is 15.8. The highest BCUT2D eigenvalue weighted by Crippen LogP contribution is 2.20. The summed E-state index contributed by atoms with van der Waals surface area (Å²) >= 11 is 5.98. The third-order valence-electron chi connectivity index (χ3n) is 2.57. The molecule has 0 aliphatic heterocycles. The van der Waals surface area contributed by atoms with Gasteiger partial charge < -0.3 is 5.32 Å². The van der Waals surface area contributed by atoms with Gasteiger partial charge in [0.15, 0.2) is 0 Å². The number of carbonyl (C=O) groups excluding carboxylic acids is 1. The van der Waals surface area contributed by atoms with Crippen LogP contribution >= 0.6 is 11.6 Å². The molecule has 94 valence electrons. The minimum absolute atomic E-state index is 0.273. The van der Waals surface area contributed by atoms with E-state index in [-0.39, 0.29) is 11.6 Å². The molecule has 2 aromatic rings. The molecule has 1 heterocycles. The summed E-state index contributed by atoms with van der Waals surface area (Å²) in [6.07, 6.45) is 1.36. The van der Waals surface area contributed by atoms with Gasteiger partial charge in [-0.1, -0.05) is 17.7 Å². The zero-order valence-electron chi connectivity index (χ0n) is 10.1. The fourth-order valence-corrected chi connectivity index (χ4v) is 1.65. The molecule has 0 atom stereocenters. The predicted octanol–water partition coefficient (Wildman–Crippen LogP) is 3.17. The lowest BCUT2D eigenvalue weighted by Gasteiger charge is -2.06. The molecule has 0 saturated carbocycles. The van der Waals surface area contributed by atoms with Crippen LogP contribution < -0.4 is 5.32 Å². The fourth-order valence-electron chi connectivity index (χ4n) is 1.47. The van der Waals surface area contributed by atoms with E-state index in [1.165, 1.54) is 12.3 Å². The third-order valence-corrected chi connectivity index (χ3v) is 2.98. The number of nitrogens with one attached hydrogen (secondary N) is 1. The fraction of sp³-hybridized carbons (Fsp3) is 0.0714. The number of nitriles is 1. The van der Waals surface area contributed by atoms with Crippen LogP contribution in [0.3, 0.4) is 0 Å². The number of pyridine rings is 1. The lowest BCUT2D eigenvalue weighted by molar-refractivity contribution is 0.102. The monoisotopic (exact) mass is 271 g/mol. The molecule has 19 heavy (non-hydrogen) atoms. The van der Waals surface area contributed by atoms with Gasteiger partial charge in [-0.25, -0.2) is 4.98 Å². The average Bonchev–Trinajstić information content (AvgIpc) is 2.43. The minimum Gasteiger partial charge on any atom is -0.322 e. The van der Waals surface area contributed by atoms with Crippen LogP contribution in [0.4, 0.5) is 5.69 Å². The zero-order chi connectivity index (χ0) is 13.8. The summed E-state index contributed by atoms with van der Waals surface area (Å²) in [5, 5.41) is 11.9.